The monoisotopic (exact) mass is 755 g/mol. The van der Waals surface area contributed by atoms with Crippen LogP contribution < -0.4 is 9.64 Å². The molecule has 1 aliphatic carbocycles. The summed E-state index contributed by atoms with van der Waals surface area (Å²) in [6.07, 6.45) is 0. The number of rotatable bonds is 6. The van der Waals surface area contributed by atoms with Crippen molar-refractivity contribution < 1.29 is 4.74 Å². The van der Waals surface area contributed by atoms with Crippen molar-refractivity contribution in [3.8, 4) is 78.3 Å². The lowest BCUT2D eigenvalue weighted by Gasteiger charge is -2.29. The van der Waals surface area contributed by atoms with Gasteiger partial charge in [0.25, 0.3) is 0 Å². The molecule has 11 rings (SSSR count). The van der Waals surface area contributed by atoms with Crippen molar-refractivity contribution in [3.63, 3.8) is 0 Å². The number of nitrogens with zero attached hydrogens (tertiary/aromatic N) is 1. The molecule has 1 heterocycles. The molecule has 0 spiro atoms. The van der Waals surface area contributed by atoms with Gasteiger partial charge in [-0.1, -0.05) is 178 Å². The lowest BCUT2D eigenvalue weighted by molar-refractivity contribution is 0.489. The average molecular weight is 756 g/mol. The van der Waals surface area contributed by atoms with Crippen LogP contribution in [-0.2, 0) is 5.41 Å². The van der Waals surface area contributed by atoms with Crippen molar-refractivity contribution in [1.29, 1.82) is 0 Å². The fourth-order valence-corrected chi connectivity index (χ4v) is 9.29. The Hall–Kier alpha value is -7.42. The molecule has 0 radical (unpaired) electrons. The number of anilines is 3. The van der Waals surface area contributed by atoms with Gasteiger partial charge in [0.15, 0.2) is 0 Å². The summed E-state index contributed by atoms with van der Waals surface area (Å²) >= 11 is 0. The van der Waals surface area contributed by atoms with E-state index in [2.05, 4.69) is 231 Å². The van der Waals surface area contributed by atoms with Gasteiger partial charge in [-0.3, -0.25) is 0 Å². The van der Waals surface area contributed by atoms with E-state index in [4.69, 9.17) is 4.74 Å². The minimum absolute atomic E-state index is 0.135. The van der Waals surface area contributed by atoms with Gasteiger partial charge < -0.3 is 9.64 Å². The summed E-state index contributed by atoms with van der Waals surface area (Å²) in [5.74, 6) is 1.69. The maximum Gasteiger partial charge on any atom is 0.143 e. The van der Waals surface area contributed by atoms with Gasteiger partial charge >= 0.3 is 0 Å². The van der Waals surface area contributed by atoms with Gasteiger partial charge in [0.05, 0.1) is 0 Å². The second-order valence-corrected chi connectivity index (χ2v) is 16.1. The lowest BCUT2D eigenvalue weighted by Crippen LogP contribution is -2.16. The van der Waals surface area contributed by atoms with Crippen LogP contribution in [0.4, 0.5) is 17.1 Å². The summed E-state index contributed by atoms with van der Waals surface area (Å²) in [5.41, 5.74) is 19.8. The second-order valence-electron chi connectivity index (χ2n) is 16.1. The molecule has 9 aromatic carbocycles. The highest BCUT2D eigenvalue weighted by molar-refractivity contribution is 5.97. The van der Waals surface area contributed by atoms with E-state index >= 15 is 0 Å². The summed E-state index contributed by atoms with van der Waals surface area (Å²) in [4.78, 5) is 2.40. The smallest absolute Gasteiger partial charge is 0.143 e. The standard InChI is InChI=1S/C57H41NO/c1-57(2)53-24-13-12-21-48(53)49-33-30-45(37-54(49)57)58(43-28-25-40(26-29-43)38-15-6-3-7-16-38)44-31-34-55-52(36-44)47-32-27-42(39-17-8-4-9-18-39)35-51(47)50-23-14-22-46(56(50)59-55)41-19-10-5-11-20-41/h3-37H,1-2H3. The molecule has 2 nitrogen and oxygen atoms in total. The first-order chi connectivity index (χ1) is 29.0. The summed E-state index contributed by atoms with van der Waals surface area (Å²) in [6, 6.07) is 76.7. The molecule has 0 aromatic heterocycles. The van der Waals surface area contributed by atoms with Crippen LogP contribution in [0.15, 0.2) is 212 Å². The van der Waals surface area contributed by atoms with Gasteiger partial charge in [-0.15, -0.1) is 0 Å². The Morgan fingerprint density at radius 1 is 0.322 bits per heavy atom. The first-order valence-electron chi connectivity index (χ1n) is 20.4. The molecular formula is C57H41NO. The molecule has 9 aromatic rings. The molecule has 0 saturated heterocycles. The Bertz CT molecular complexity index is 3020. The van der Waals surface area contributed by atoms with Gasteiger partial charge in [0.2, 0.25) is 0 Å². The number of hydrogen-bond donors (Lipinski definition) is 0. The summed E-state index contributed by atoms with van der Waals surface area (Å²) < 4.78 is 7.13. The highest BCUT2D eigenvalue weighted by atomic mass is 16.5. The van der Waals surface area contributed by atoms with Crippen LogP contribution in [-0.4, -0.2) is 0 Å². The third-order valence-electron chi connectivity index (χ3n) is 12.3. The predicted octanol–water partition coefficient (Wildman–Crippen LogP) is 15.9. The van der Waals surface area contributed by atoms with Crippen molar-refractivity contribution in [3.05, 3.63) is 223 Å². The van der Waals surface area contributed by atoms with E-state index in [1.807, 2.05) is 0 Å². The van der Waals surface area contributed by atoms with Crippen LogP contribution in [0.25, 0.3) is 66.8 Å². The molecule has 59 heavy (non-hydrogen) atoms. The molecule has 0 fully saturated rings. The van der Waals surface area contributed by atoms with Crippen molar-refractivity contribution in [2.45, 2.75) is 19.3 Å². The molecule has 0 unspecified atom stereocenters. The van der Waals surface area contributed by atoms with Gasteiger partial charge in [-0.25, -0.2) is 0 Å². The van der Waals surface area contributed by atoms with E-state index in [1.54, 1.807) is 0 Å². The second kappa shape index (κ2) is 13.9. The minimum Gasteiger partial charge on any atom is -0.455 e. The Labute approximate surface area is 346 Å². The van der Waals surface area contributed by atoms with E-state index in [1.165, 1.54) is 44.5 Å². The molecular weight excluding hydrogens is 715 g/mol. The molecule has 1 aliphatic heterocycles. The number of ether oxygens (including phenoxy) is 1. The number of fused-ring (bicyclic) bond motifs is 8. The highest BCUT2D eigenvalue weighted by Crippen LogP contribution is 2.54. The molecule has 0 saturated carbocycles. The van der Waals surface area contributed by atoms with Crippen LogP contribution in [0.3, 0.4) is 0 Å². The molecule has 2 aliphatic rings. The number of hydrogen-bond acceptors (Lipinski definition) is 2. The van der Waals surface area contributed by atoms with Gasteiger partial charge in [0.1, 0.15) is 11.5 Å². The summed E-state index contributed by atoms with van der Waals surface area (Å²) in [5, 5.41) is 0. The summed E-state index contributed by atoms with van der Waals surface area (Å²) in [6.45, 7) is 4.70. The van der Waals surface area contributed by atoms with Crippen LogP contribution in [0.1, 0.15) is 25.0 Å². The maximum atomic E-state index is 7.13. The molecule has 0 N–H and O–H groups in total. The molecule has 0 amide bonds. The van der Waals surface area contributed by atoms with Crippen LogP contribution in [0, 0.1) is 0 Å². The SMILES string of the molecule is CC1(C)c2ccccc2-c2ccc(N(c3ccc(-c4ccccc4)cc3)c3ccc4c(c3)-c3ccc(-c5ccccc5)cc3-c3cccc(-c5ccccc5)c3O4)cc21. The van der Waals surface area contributed by atoms with Gasteiger partial charge in [-0.05, 0) is 110 Å². The third-order valence-corrected chi connectivity index (χ3v) is 12.3. The zero-order valence-corrected chi connectivity index (χ0v) is 33.1. The fraction of sp³-hybridized carbons (Fsp3) is 0.0526. The first-order valence-corrected chi connectivity index (χ1v) is 20.4. The number of benzene rings is 9. The molecule has 0 atom stereocenters. The van der Waals surface area contributed by atoms with Crippen LogP contribution in [0.5, 0.6) is 11.5 Å². The largest absolute Gasteiger partial charge is 0.455 e. The topological polar surface area (TPSA) is 12.5 Å². The van der Waals surface area contributed by atoms with Crippen molar-refractivity contribution >= 4 is 17.1 Å². The van der Waals surface area contributed by atoms with E-state index in [0.29, 0.717) is 0 Å². The fourth-order valence-electron chi connectivity index (χ4n) is 9.29. The molecule has 280 valence electrons. The predicted molar refractivity (Wildman–Crippen MR) is 246 cm³/mol. The Balaban J connectivity index is 1.11. The van der Waals surface area contributed by atoms with E-state index in [-0.39, 0.29) is 5.41 Å². The Kier molecular flexibility index (Phi) is 8.20. The van der Waals surface area contributed by atoms with Gasteiger partial charge in [0, 0.05) is 39.2 Å². The third kappa shape index (κ3) is 5.87. The quantitative estimate of drug-likeness (QED) is 0.168. The average Bonchev–Trinajstić information content (AvgIpc) is 3.43. The Morgan fingerprint density at radius 3 is 1.59 bits per heavy atom. The highest BCUT2D eigenvalue weighted by Gasteiger charge is 2.36. The zero-order valence-electron chi connectivity index (χ0n) is 33.1. The molecule has 2 heteroatoms. The van der Waals surface area contributed by atoms with Crippen LogP contribution in [0.2, 0.25) is 0 Å². The van der Waals surface area contributed by atoms with Crippen LogP contribution >= 0.6 is 0 Å². The first kappa shape index (κ1) is 34.8. The van der Waals surface area contributed by atoms with E-state index < -0.39 is 0 Å². The van der Waals surface area contributed by atoms with Crippen molar-refractivity contribution in [1.82, 2.24) is 0 Å². The van der Waals surface area contributed by atoms with E-state index in [9.17, 15) is 0 Å². The zero-order chi connectivity index (χ0) is 39.5. The van der Waals surface area contributed by atoms with Crippen molar-refractivity contribution in [2.24, 2.45) is 0 Å². The Morgan fingerprint density at radius 2 is 0.847 bits per heavy atom. The molecule has 0 bridgehead atoms. The lowest BCUT2D eigenvalue weighted by atomic mass is 9.82. The van der Waals surface area contributed by atoms with Gasteiger partial charge in [-0.2, -0.15) is 0 Å². The van der Waals surface area contributed by atoms with E-state index in [0.717, 1.165) is 61.9 Å². The maximum absolute atomic E-state index is 7.13. The minimum atomic E-state index is -0.135. The van der Waals surface area contributed by atoms with Crippen molar-refractivity contribution in [2.75, 3.05) is 4.90 Å². The number of para-hydroxylation sites is 1. The normalized spacial score (nSPS) is 12.8. The summed E-state index contributed by atoms with van der Waals surface area (Å²) in [7, 11) is 0.